The molecule has 23 heavy (non-hydrogen) atoms. The lowest BCUT2D eigenvalue weighted by Gasteiger charge is -2.31. The van der Waals surface area contributed by atoms with Crippen molar-refractivity contribution in [2.75, 3.05) is 19.7 Å². The first kappa shape index (κ1) is 18.0. The number of ether oxygens (including phenoxy) is 1. The Balaban J connectivity index is 1.99. The number of likely N-dealkylation sites (tertiary alicyclic amines) is 1. The van der Waals surface area contributed by atoms with Gasteiger partial charge in [-0.05, 0) is 38.0 Å². The van der Waals surface area contributed by atoms with Crippen LogP contribution in [0.5, 0.6) is 0 Å². The predicted molar refractivity (Wildman–Crippen MR) is 83.3 cm³/mol. The van der Waals surface area contributed by atoms with Crippen LogP contribution in [-0.4, -0.2) is 45.1 Å². The second-order valence-corrected chi connectivity index (χ2v) is 7.28. The van der Waals surface area contributed by atoms with E-state index in [0.717, 1.165) is 12.1 Å². The number of carbonyl (C=O) groups is 1. The monoisotopic (exact) mass is 364 g/mol. The lowest BCUT2D eigenvalue weighted by molar-refractivity contribution is 0.0966. The third-order valence-electron chi connectivity index (χ3n) is 3.53. The summed E-state index contributed by atoms with van der Waals surface area (Å²) in [6, 6.07) is 3.05. The number of amides is 1. The van der Waals surface area contributed by atoms with Gasteiger partial charge in [0.25, 0.3) is 0 Å². The molecule has 0 unspecified atom stereocenters. The van der Waals surface area contributed by atoms with Gasteiger partial charge in [0.05, 0.1) is 6.61 Å². The smallest absolute Gasteiger partial charge is 0.409 e. The summed E-state index contributed by atoms with van der Waals surface area (Å²) in [7, 11) is -3.97. The van der Waals surface area contributed by atoms with Crippen LogP contribution in [0.4, 0.5) is 9.18 Å². The number of sulfonamides is 1. The minimum Gasteiger partial charge on any atom is -0.450 e. The molecule has 1 aromatic carbocycles. The fourth-order valence-electron chi connectivity index (χ4n) is 2.37. The maximum atomic E-state index is 13.8. The predicted octanol–water partition coefficient (Wildman–Crippen LogP) is 2.38. The molecule has 1 heterocycles. The standard InChI is InChI=1S/C14H18ClFN2O4S/c1-2-22-14(19)18-7-5-11(6-8-18)17-23(20,21)13-4-3-10(15)9-12(13)16/h3-4,9,11,17H,2,5-8H2,1H3. The van der Waals surface area contributed by atoms with Crippen LogP contribution in [0, 0.1) is 5.82 Å². The zero-order chi connectivity index (χ0) is 17.0. The van der Waals surface area contributed by atoms with Crippen LogP contribution in [0.2, 0.25) is 5.02 Å². The number of hydrogen-bond acceptors (Lipinski definition) is 4. The first-order valence-corrected chi connectivity index (χ1v) is 9.08. The molecule has 1 saturated heterocycles. The number of rotatable bonds is 4. The number of carbonyl (C=O) groups excluding carboxylic acids is 1. The Kier molecular flexibility index (Phi) is 5.83. The third kappa shape index (κ3) is 4.55. The minimum atomic E-state index is -3.97. The minimum absolute atomic E-state index is 0.129. The highest BCUT2D eigenvalue weighted by molar-refractivity contribution is 7.89. The number of piperidine rings is 1. The van der Waals surface area contributed by atoms with E-state index < -0.39 is 26.8 Å². The van der Waals surface area contributed by atoms with E-state index in [4.69, 9.17) is 16.3 Å². The van der Waals surface area contributed by atoms with E-state index in [1.807, 2.05) is 0 Å². The quantitative estimate of drug-likeness (QED) is 0.890. The van der Waals surface area contributed by atoms with E-state index in [1.165, 1.54) is 11.0 Å². The van der Waals surface area contributed by atoms with E-state index >= 15 is 0 Å². The zero-order valence-corrected chi connectivity index (χ0v) is 14.2. The summed E-state index contributed by atoms with van der Waals surface area (Å²) in [5.74, 6) is -0.894. The van der Waals surface area contributed by atoms with Crippen LogP contribution in [0.3, 0.4) is 0 Å². The van der Waals surface area contributed by atoms with Gasteiger partial charge in [-0.15, -0.1) is 0 Å². The summed E-state index contributed by atoms with van der Waals surface area (Å²) in [4.78, 5) is 12.7. The Morgan fingerprint density at radius 2 is 2.09 bits per heavy atom. The Morgan fingerprint density at radius 3 is 2.65 bits per heavy atom. The lowest BCUT2D eigenvalue weighted by Crippen LogP contribution is -2.46. The molecule has 0 bridgehead atoms. The highest BCUT2D eigenvalue weighted by atomic mass is 35.5. The van der Waals surface area contributed by atoms with Gasteiger partial charge in [-0.2, -0.15) is 0 Å². The molecule has 0 radical (unpaired) electrons. The first-order valence-electron chi connectivity index (χ1n) is 7.22. The van der Waals surface area contributed by atoms with Crippen molar-refractivity contribution in [3.8, 4) is 0 Å². The molecule has 2 rings (SSSR count). The topological polar surface area (TPSA) is 75.7 Å². The number of hydrogen-bond donors (Lipinski definition) is 1. The van der Waals surface area contributed by atoms with Crippen LogP contribution in [-0.2, 0) is 14.8 Å². The molecule has 0 aliphatic carbocycles. The van der Waals surface area contributed by atoms with E-state index in [2.05, 4.69) is 4.72 Å². The van der Waals surface area contributed by atoms with Crippen molar-refractivity contribution in [3.63, 3.8) is 0 Å². The van der Waals surface area contributed by atoms with Gasteiger partial charge in [-0.1, -0.05) is 11.6 Å². The molecule has 0 spiro atoms. The van der Waals surface area contributed by atoms with Crippen LogP contribution in [0.25, 0.3) is 0 Å². The molecule has 0 atom stereocenters. The highest BCUT2D eigenvalue weighted by Crippen LogP contribution is 2.20. The number of nitrogens with zero attached hydrogens (tertiary/aromatic N) is 1. The van der Waals surface area contributed by atoms with Gasteiger partial charge in [0, 0.05) is 24.2 Å². The molecule has 1 amide bonds. The largest absolute Gasteiger partial charge is 0.450 e. The van der Waals surface area contributed by atoms with Gasteiger partial charge in [-0.3, -0.25) is 0 Å². The van der Waals surface area contributed by atoms with Crippen molar-refractivity contribution in [2.24, 2.45) is 0 Å². The van der Waals surface area contributed by atoms with Gasteiger partial charge in [-0.25, -0.2) is 22.3 Å². The fourth-order valence-corrected chi connectivity index (χ4v) is 3.89. The summed E-state index contributed by atoms with van der Waals surface area (Å²) in [5.41, 5.74) is 0. The van der Waals surface area contributed by atoms with Crippen molar-refractivity contribution >= 4 is 27.7 Å². The Bertz CT molecular complexity index is 675. The summed E-state index contributed by atoms with van der Waals surface area (Å²) >= 11 is 5.63. The Morgan fingerprint density at radius 1 is 1.43 bits per heavy atom. The number of halogens is 2. The van der Waals surface area contributed by atoms with Crippen LogP contribution in [0.1, 0.15) is 19.8 Å². The molecule has 128 valence electrons. The molecular formula is C14H18ClFN2O4S. The van der Waals surface area contributed by atoms with Crippen LogP contribution in [0.15, 0.2) is 23.1 Å². The normalized spacial score (nSPS) is 16.4. The lowest BCUT2D eigenvalue weighted by atomic mass is 10.1. The average Bonchev–Trinajstić information content (AvgIpc) is 2.47. The molecule has 1 aliphatic rings. The molecule has 1 N–H and O–H groups in total. The van der Waals surface area contributed by atoms with Gasteiger partial charge < -0.3 is 9.64 Å². The van der Waals surface area contributed by atoms with E-state index in [-0.39, 0.29) is 11.1 Å². The summed E-state index contributed by atoms with van der Waals surface area (Å²) in [5, 5.41) is 0.129. The number of benzene rings is 1. The van der Waals surface area contributed by atoms with Crippen molar-refractivity contribution in [1.29, 1.82) is 0 Å². The molecule has 1 aromatic rings. The van der Waals surface area contributed by atoms with Crippen molar-refractivity contribution < 1.29 is 22.3 Å². The Labute approximate surface area is 139 Å². The van der Waals surface area contributed by atoms with Gasteiger partial charge in [0.2, 0.25) is 10.0 Å². The second kappa shape index (κ2) is 7.46. The summed E-state index contributed by atoms with van der Waals surface area (Å²) in [6.45, 7) is 2.78. The molecule has 1 aliphatic heterocycles. The third-order valence-corrected chi connectivity index (χ3v) is 5.32. The zero-order valence-electron chi connectivity index (χ0n) is 12.6. The maximum Gasteiger partial charge on any atom is 0.409 e. The average molecular weight is 365 g/mol. The van der Waals surface area contributed by atoms with Gasteiger partial charge in [0.15, 0.2) is 0 Å². The van der Waals surface area contributed by atoms with Crippen molar-refractivity contribution in [3.05, 3.63) is 29.0 Å². The van der Waals surface area contributed by atoms with Gasteiger partial charge >= 0.3 is 6.09 Å². The first-order chi connectivity index (χ1) is 10.8. The molecule has 0 saturated carbocycles. The molecule has 9 heteroatoms. The molecular weight excluding hydrogens is 347 g/mol. The van der Waals surface area contributed by atoms with Crippen molar-refractivity contribution in [1.82, 2.24) is 9.62 Å². The van der Waals surface area contributed by atoms with E-state index in [0.29, 0.717) is 32.5 Å². The SMILES string of the molecule is CCOC(=O)N1CCC(NS(=O)(=O)c2ccc(Cl)cc2F)CC1. The highest BCUT2D eigenvalue weighted by Gasteiger charge is 2.28. The number of nitrogens with one attached hydrogen (secondary N) is 1. The Hall–Kier alpha value is -1.38. The molecule has 0 aromatic heterocycles. The second-order valence-electron chi connectivity index (χ2n) is 5.16. The maximum absolute atomic E-state index is 13.8. The molecule has 6 nitrogen and oxygen atoms in total. The van der Waals surface area contributed by atoms with E-state index in [9.17, 15) is 17.6 Å². The van der Waals surface area contributed by atoms with E-state index in [1.54, 1.807) is 6.92 Å². The summed E-state index contributed by atoms with van der Waals surface area (Å²) < 4.78 is 45.7. The van der Waals surface area contributed by atoms with Gasteiger partial charge in [0.1, 0.15) is 10.7 Å². The van der Waals surface area contributed by atoms with Crippen LogP contribution < -0.4 is 4.72 Å². The van der Waals surface area contributed by atoms with Crippen LogP contribution >= 0.6 is 11.6 Å². The van der Waals surface area contributed by atoms with Crippen molar-refractivity contribution in [2.45, 2.75) is 30.7 Å². The fraction of sp³-hybridized carbons (Fsp3) is 0.500. The summed E-state index contributed by atoms with van der Waals surface area (Å²) in [6.07, 6.45) is 0.470. The molecule has 1 fully saturated rings.